The molecule has 0 aliphatic carbocycles. The van der Waals surface area contributed by atoms with Crippen molar-refractivity contribution in [3.8, 4) is 0 Å². The quantitative estimate of drug-likeness (QED) is 0.344. The van der Waals surface area contributed by atoms with Crippen molar-refractivity contribution in [2.45, 2.75) is 51.2 Å². The van der Waals surface area contributed by atoms with Gasteiger partial charge in [-0.15, -0.1) is 24.0 Å². The van der Waals surface area contributed by atoms with Crippen LogP contribution in [-0.2, 0) is 15.9 Å². The summed E-state index contributed by atoms with van der Waals surface area (Å²) in [6.45, 7) is 7.30. The Morgan fingerprint density at radius 2 is 1.96 bits per heavy atom. The van der Waals surface area contributed by atoms with Crippen molar-refractivity contribution >= 4 is 29.9 Å². The number of aryl methyl sites for hydroxylation is 1. The molecule has 6 heteroatoms. The normalized spacial score (nSPS) is 17.9. The lowest BCUT2D eigenvalue weighted by Gasteiger charge is -2.34. The third-order valence-electron chi connectivity index (χ3n) is 4.80. The van der Waals surface area contributed by atoms with Gasteiger partial charge in [-0.05, 0) is 32.3 Å². The standard InChI is InChI=1S/C20H33N3O2.HI/c1-4-21-19(22-16-20(24-3)12-14-25-15-13-20)23-17(2)10-11-18-8-6-5-7-9-18;/h5-9,17H,4,10-16H2,1-3H3,(H2,21,22,23);1H. The molecule has 1 saturated heterocycles. The first kappa shape index (κ1) is 23.2. The Bertz CT molecular complexity index is 519. The first-order chi connectivity index (χ1) is 12.2. The predicted molar refractivity (Wildman–Crippen MR) is 119 cm³/mol. The van der Waals surface area contributed by atoms with Gasteiger partial charge in [0.1, 0.15) is 0 Å². The first-order valence-corrected chi connectivity index (χ1v) is 9.39. The Hall–Kier alpha value is -0.860. The lowest BCUT2D eigenvalue weighted by Crippen LogP contribution is -2.45. The molecule has 1 aromatic carbocycles. The second-order valence-corrected chi connectivity index (χ2v) is 6.76. The van der Waals surface area contributed by atoms with Gasteiger partial charge in [-0.2, -0.15) is 0 Å². The topological polar surface area (TPSA) is 54.9 Å². The minimum absolute atomic E-state index is 0. The molecule has 1 unspecified atom stereocenters. The fourth-order valence-electron chi connectivity index (χ4n) is 3.05. The SMILES string of the molecule is CCNC(=NCC1(OC)CCOCC1)NC(C)CCc1ccccc1.I. The molecule has 1 fully saturated rings. The molecule has 148 valence electrons. The van der Waals surface area contributed by atoms with Gasteiger partial charge in [0, 0.05) is 45.8 Å². The second-order valence-electron chi connectivity index (χ2n) is 6.76. The van der Waals surface area contributed by atoms with Gasteiger partial charge in [0.25, 0.3) is 0 Å². The number of halogens is 1. The van der Waals surface area contributed by atoms with Gasteiger partial charge in [0.05, 0.1) is 12.1 Å². The monoisotopic (exact) mass is 475 g/mol. The highest BCUT2D eigenvalue weighted by Crippen LogP contribution is 2.24. The number of hydrogen-bond donors (Lipinski definition) is 2. The van der Waals surface area contributed by atoms with Crippen LogP contribution in [0.15, 0.2) is 35.3 Å². The lowest BCUT2D eigenvalue weighted by atomic mass is 9.94. The Morgan fingerprint density at radius 1 is 1.27 bits per heavy atom. The smallest absolute Gasteiger partial charge is 0.191 e. The van der Waals surface area contributed by atoms with E-state index in [9.17, 15) is 0 Å². The van der Waals surface area contributed by atoms with E-state index < -0.39 is 0 Å². The van der Waals surface area contributed by atoms with E-state index in [0.717, 1.165) is 51.4 Å². The van der Waals surface area contributed by atoms with Crippen molar-refractivity contribution < 1.29 is 9.47 Å². The highest BCUT2D eigenvalue weighted by Gasteiger charge is 2.32. The molecule has 1 heterocycles. The van der Waals surface area contributed by atoms with Crippen molar-refractivity contribution in [3.05, 3.63) is 35.9 Å². The van der Waals surface area contributed by atoms with Gasteiger partial charge in [0.15, 0.2) is 5.96 Å². The van der Waals surface area contributed by atoms with Gasteiger partial charge < -0.3 is 20.1 Å². The first-order valence-electron chi connectivity index (χ1n) is 9.39. The number of nitrogens with zero attached hydrogens (tertiary/aromatic N) is 1. The zero-order chi connectivity index (χ0) is 18.0. The summed E-state index contributed by atoms with van der Waals surface area (Å²) in [5.74, 6) is 0.867. The maximum absolute atomic E-state index is 5.77. The number of rotatable bonds is 8. The number of ether oxygens (including phenoxy) is 2. The zero-order valence-electron chi connectivity index (χ0n) is 16.3. The molecular formula is C20H34IN3O2. The Morgan fingerprint density at radius 3 is 2.58 bits per heavy atom. The largest absolute Gasteiger partial charge is 0.381 e. The summed E-state index contributed by atoms with van der Waals surface area (Å²) in [5.41, 5.74) is 1.19. The van der Waals surface area contributed by atoms with Crippen LogP contribution in [0.4, 0.5) is 0 Å². The average Bonchev–Trinajstić information content (AvgIpc) is 2.66. The molecule has 1 atom stereocenters. The number of aliphatic imine (C=N–C) groups is 1. The van der Waals surface area contributed by atoms with Crippen LogP contribution in [0.1, 0.15) is 38.7 Å². The molecule has 1 aromatic rings. The van der Waals surface area contributed by atoms with E-state index in [1.165, 1.54) is 5.56 Å². The van der Waals surface area contributed by atoms with Crippen LogP contribution >= 0.6 is 24.0 Å². The van der Waals surface area contributed by atoms with Crippen LogP contribution in [0, 0.1) is 0 Å². The van der Waals surface area contributed by atoms with Gasteiger partial charge in [-0.3, -0.25) is 4.99 Å². The summed E-state index contributed by atoms with van der Waals surface area (Å²) in [4.78, 5) is 4.79. The Kier molecular flexibility index (Phi) is 11.2. The molecule has 0 saturated carbocycles. The number of guanidine groups is 1. The molecule has 0 bridgehead atoms. The summed E-state index contributed by atoms with van der Waals surface area (Å²) >= 11 is 0. The van der Waals surface area contributed by atoms with Crippen molar-refractivity contribution in [2.24, 2.45) is 4.99 Å². The molecule has 1 aliphatic heterocycles. The van der Waals surface area contributed by atoms with E-state index in [0.29, 0.717) is 12.6 Å². The van der Waals surface area contributed by atoms with E-state index in [-0.39, 0.29) is 29.6 Å². The molecule has 2 rings (SSSR count). The number of methoxy groups -OCH3 is 1. The highest BCUT2D eigenvalue weighted by molar-refractivity contribution is 14.0. The number of benzene rings is 1. The minimum Gasteiger partial charge on any atom is -0.381 e. The van der Waals surface area contributed by atoms with E-state index in [2.05, 4.69) is 54.8 Å². The molecule has 0 spiro atoms. The number of nitrogens with one attached hydrogen (secondary N) is 2. The van der Waals surface area contributed by atoms with E-state index in [1.54, 1.807) is 7.11 Å². The molecule has 0 aromatic heterocycles. The summed E-state index contributed by atoms with van der Waals surface area (Å²) in [5, 5.41) is 6.87. The van der Waals surface area contributed by atoms with Crippen molar-refractivity contribution in [1.29, 1.82) is 0 Å². The van der Waals surface area contributed by atoms with E-state index in [4.69, 9.17) is 14.5 Å². The van der Waals surface area contributed by atoms with Gasteiger partial charge >= 0.3 is 0 Å². The summed E-state index contributed by atoms with van der Waals surface area (Å²) in [7, 11) is 1.78. The number of hydrogen-bond acceptors (Lipinski definition) is 3. The van der Waals surface area contributed by atoms with E-state index >= 15 is 0 Å². The van der Waals surface area contributed by atoms with Crippen LogP contribution < -0.4 is 10.6 Å². The van der Waals surface area contributed by atoms with Crippen LogP contribution in [-0.4, -0.2) is 51.0 Å². The van der Waals surface area contributed by atoms with Crippen LogP contribution in [0.5, 0.6) is 0 Å². The molecular weight excluding hydrogens is 441 g/mol. The van der Waals surface area contributed by atoms with E-state index in [1.807, 2.05) is 0 Å². The van der Waals surface area contributed by atoms with Crippen LogP contribution in [0.25, 0.3) is 0 Å². The van der Waals surface area contributed by atoms with Crippen molar-refractivity contribution in [2.75, 3.05) is 33.4 Å². The van der Waals surface area contributed by atoms with Gasteiger partial charge in [0.2, 0.25) is 0 Å². The third kappa shape index (κ3) is 7.80. The molecule has 0 amide bonds. The summed E-state index contributed by atoms with van der Waals surface area (Å²) in [6, 6.07) is 11.0. The molecule has 1 aliphatic rings. The molecule has 2 N–H and O–H groups in total. The fourth-order valence-corrected chi connectivity index (χ4v) is 3.05. The Labute approximate surface area is 175 Å². The van der Waals surface area contributed by atoms with Gasteiger partial charge in [-0.25, -0.2) is 0 Å². The average molecular weight is 475 g/mol. The predicted octanol–water partition coefficient (Wildman–Crippen LogP) is 3.38. The lowest BCUT2D eigenvalue weighted by molar-refractivity contribution is -0.0828. The second kappa shape index (κ2) is 12.5. The maximum atomic E-state index is 5.77. The molecule has 26 heavy (non-hydrogen) atoms. The highest BCUT2D eigenvalue weighted by atomic mass is 127. The van der Waals surface area contributed by atoms with Crippen LogP contribution in [0.3, 0.4) is 0 Å². The zero-order valence-corrected chi connectivity index (χ0v) is 18.6. The molecule has 0 radical (unpaired) electrons. The van der Waals surface area contributed by atoms with Crippen LogP contribution in [0.2, 0.25) is 0 Å². The summed E-state index contributed by atoms with van der Waals surface area (Å²) < 4.78 is 11.2. The molecule has 5 nitrogen and oxygen atoms in total. The fraction of sp³-hybridized carbons (Fsp3) is 0.650. The van der Waals surface area contributed by atoms with Crippen molar-refractivity contribution in [1.82, 2.24) is 10.6 Å². The Balaban J connectivity index is 0.00000338. The van der Waals surface area contributed by atoms with Crippen molar-refractivity contribution in [3.63, 3.8) is 0 Å². The third-order valence-corrected chi connectivity index (χ3v) is 4.80. The van der Waals surface area contributed by atoms with Gasteiger partial charge in [-0.1, -0.05) is 30.3 Å². The summed E-state index contributed by atoms with van der Waals surface area (Å²) in [6.07, 6.45) is 3.93. The minimum atomic E-state index is -0.187. The maximum Gasteiger partial charge on any atom is 0.191 e.